The van der Waals surface area contributed by atoms with Gasteiger partial charge in [0.05, 0.1) is 12.8 Å². The number of aryl methyl sites for hydroxylation is 1. The van der Waals surface area contributed by atoms with Gasteiger partial charge >= 0.3 is 0 Å². The first kappa shape index (κ1) is 21.5. The number of ether oxygens (including phenoxy) is 1. The van der Waals surface area contributed by atoms with Crippen molar-refractivity contribution in [2.24, 2.45) is 0 Å². The quantitative estimate of drug-likeness (QED) is 0.374. The number of hydrogen-bond donors (Lipinski definition) is 3. The second-order valence-electron chi connectivity index (χ2n) is 7.42. The fourth-order valence-electron chi connectivity index (χ4n) is 3.45. The molecule has 4 rings (SSSR count). The Morgan fingerprint density at radius 2 is 1.78 bits per heavy atom. The van der Waals surface area contributed by atoms with Crippen LogP contribution in [0.5, 0.6) is 5.75 Å². The van der Waals surface area contributed by atoms with Crippen LogP contribution in [0.1, 0.15) is 32.0 Å². The van der Waals surface area contributed by atoms with Crippen molar-refractivity contribution in [2.45, 2.75) is 13.5 Å². The van der Waals surface area contributed by atoms with E-state index in [0.29, 0.717) is 28.6 Å². The number of halogens is 1. The molecule has 0 bridgehead atoms. The van der Waals surface area contributed by atoms with Crippen LogP contribution in [0.2, 0.25) is 5.02 Å². The zero-order valence-corrected chi connectivity index (χ0v) is 18.4. The number of carbonyl (C=O) groups is 2. The van der Waals surface area contributed by atoms with E-state index in [9.17, 15) is 9.59 Å². The first-order valence-corrected chi connectivity index (χ1v) is 10.4. The van der Waals surface area contributed by atoms with E-state index in [1.54, 1.807) is 31.4 Å². The Morgan fingerprint density at radius 1 is 1.00 bits per heavy atom. The van der Waals surface area contributed by atoms with Gasteiger partial charge in [0.2, 0.25) is 0 Å². The predicted octanol–water partition coefficient (Wildman–Crippen LogP) is 5.32. The number of H-pyrrole nitrogens is 1. The summed E-state index contributed by atoms with van der Waals surface area (Å²) in [6, 6.07) is 19.8. The maximum absolute atomic E-state index is 13.1. The minimum Gasteiger partial charge on any atom is -0.497 e. The summed E-state index contributed by atoms with van der Waals surface area (Å²) in [5, 5.41) is 7.11. The topological polar surface area (TPSA) is 83.2 Å². The highest BCUT2D eigenvalue weighted by Crippen LogP contribution is 2.29. The van der Waals surface area contributed by atoms with E-state index in [4.69, 9.17) is 16.3 Å². The van der Waals surface area contributed by atoms with Gasteiger partial charge in [0.25, 0.3) is 11.8 Å². The molecule has 0 spiro atoms. The van der Waals surface area contributed by atoms with Crippen molar-refractivity contribution in [3.63, 3.8) is 0 Å². The van der Waals surface area contributed by atoms with Crippen LogP contribution in [0.15, 0.2) is 66.7 Å². The highest BCUT2D eigenvalue weighted by molar-refractivity contribution is 6.30. The Hall–Kier alpha value is -3.77. The average molecular weight is 448 g/mol. The van der Waals surface area contributed by atoms with Gasteiger partial charge in [-0.25, -0.2) is 0 Å². The monoisotopic (exact) mass is 447 g/mol. The molecule has 0 atom stereocenters. The first-order chi connectivity index (χ1) is 15.4. The van der Waals surface area contributed by atoms with Crippen LogP contribution >= 0.6 is 11.6 Å². The Balaban J connectivity index is 1.63. The van der Waals surface area contributed by atoms with Crippen molar-refractivity contribution in [2.75, 3.05) is 12.4 Å². The number of fused-ring (bicyclic) bond motifs is 1. The molecule has 4 aromatic rings. The summed E-state index contributed by atoms with van der Waals surface area (Å²) in [6.07, 6.45) is 0. The summed E-state index contributed by atoms with van der Waals surface area (Å²) in [4.78, 5) is 29.1. The molecule has 0 unspecified atom stereocenters. The lowest BCUT2D eigenvalue weighted by molar-refractivity contribution is 0.0947. The maximum atomic E-state index is 13.1. The van der Waals surface area contributed by atoms with E-state index in [2.05, 4.69) is 15.6 Å². The van der Waals surface area contributed by atoms with Crippen molar-refractivity contribution in [3.8, 4) is 5.75 Å². The second-order valence-corrected chi connectivity index (χ2v) is 7.86. The Labute approximate surface area is 190 Å². The van der Waals surface area contributed by atoms with E-state index in [0.717, 1.165) is 22.0 Å². The lowest BCUT2D eigenvalue weighted by Crippen LogP contribution is -2.25. The number of benzene rings is 3. The fourth-order valence-corrected chi connectivity index (χ4v) is 3.57. The molecule has 7 heteroatoms. The van der Waals surface area contributed by atoms with Crippen molar-refractivity contribution in [1.29, 1.82) is 0 Å². The van der Waals surface area contributed by atoms with Crippen LogP contribution in [0.3, 0.4) is 0 Å². The van der Waals surface area contributed by atoms with Gasteiger partial charge in [0.15, 0.2) is 0 Å². The standard InChI is InChI=1S/C25H22ClN3O3/c1-15-6-11-21-20(12-15)22(29-24(30)17-7-9-18(26)10-8-17)23(28-21)25(31)27-14-16-4-3-5-19(13-16)32-2/h3-13,28H,14H2,1-2H3,(H,27,31)(H,29,30). The molecule has 162 valence electrons. The van der Waals surface area contributed by atoms with Crippen LogP contribution in [0, 0.1) is 6.92 Å². The number of aromatic nitrogens is 1. The summed E-state index contributed by atoms with van der Waals surface area (Å²) in [5.41, 5.74) is 3.84. The van der Waals surface area contributed by atoms with Crippen LogP contribution in [-0.4, -0.2) is 23.9 Å². The predicted molar refractivity (Wildman–Crippen MR) is 127 cm³/mol. The Kier molecular flexibility index (Phi) is 6.14. The molecule has 0 saturated heterocycles. The normalized spacial score (nSPS) is 10.7. The van der Waals surface area contributed by atoms with E-state index < -0.39 is 0 Å². The number of hydrogen-bond acceptors (Lipinski definition) is 3. The molecule has 0 aliphatic carbocycles. The Bertz CT molecular complexity index is 1300. The summed E-state index contributed by atoms with van der Waals surface area (Å²) >= 11 is 5.93. The molecule has 0 aliphatic heterocycles. The largest absolute Gasteiger partial charge is 0.497 e. The van der Waals surface area contributed by atoms with Crippen LogP contribution < -0.4 is 15.4 Å². The molecule has 0 aliphatic rings. The van der Waals surface area contributed by atoms with Crippen LogP contribution in [0.4, 0.5) is 5.69 Å². The number of rotatable bonds is 6. The molecular weight excluding hydrogens is 426 g/mol. The number of carbonyl (C=O) groups excluding carboxylic acids is 2. The lowest BCUT2D eigenvalue weighted by atomic mass is 10.1. The van der Waals surface area contributed by atoms with Gasteiger partial charge < -0.3 is 20.4 Å². The summed E-state index contributed by atoms with van der Waals surface area (Å²) in [5.74, 6) is 0.0627. The van der Waals surface area contributed by atoms with Crippen molar-refractivity contribution >= 4 is 40.0 Å². The average Bonchev–Trinajstić information content (AvgIpc) is 3.15. The number of anilines is 1. The van der Waals surface area contributed by atoms with Gasteiger partial charge in [-0.3, -0.25) is 9.59 Å². The van der Waals surface area contributed by atoms with Crippen molar-refractivity contribution in [3.05, 3.63) is 94.1 Å². The molecule has 2 amide bonds. The number of aromatic amines is 1. The molecule has 32 heavy (non-hydrogen) atoms. The number of methoxy groups -OCH3 is 1. The SMILES string of the molecule is COc1cccc(CNC(=O)c2[nH]c3ccc(C)cc3c2NC(=O)c2ccc(Cl)cc2)c1. The molecule has 1 heterocycles. The third-order valence-electron chi connectivity index (χ3n) is 5.11. The van der Waals surface area contributed by atoms with Gasteiger partial charge in [-0.05, 0) is 61.0 Å². The zero-order valence-electron chi connectivity index (χ0n) is 17.7. The van der Waals surface area contributed by atoms with Crippen LogP contribution in [0.25, 0.3) is 10.9 Å². The third kappa shape index (κ3) is 4.60. The van der Waals surface area contributed by atoms with Crippen molar-refractivity contribution in [1.82, 2.24) is 10.3 Å². The molecular formula is C25H22ClN3O3. The first-order valence-electron chi connectivity index (χ1n) is 10.0. The molecule has 0 fully saturated rings. The smallest absolute Gasteiger partial charge is 0.270 e. The van der Waals surface area contributed by atoms with Gasteiger partial charge in [-0.2, -0.15) is 0 Å². The Morgan fingerprint density at radius 3 is 2.53 bits per heavy atom. The highest BCUT2D eigenvalue weighted by atomic mass is 35.5. The third-order valence-corrected chi connectivity index (χ3v) is 5.37. The molecule has 3 N–H and O–H groups in total. The summed E-state index contributed by atoms with van der Waals surface area (Å²) in [7, 11) is 1.60. The molecule has 6 nitrogen and oxygen atoms in total. The summed E-state index contributed by atoms with van der Waals surface area (Å²) in [6.45, 7) is 2.27. The molecule has 1 aromatic heterocycles. The van der Waals surface area contributed by atoms with Gasteiger partial charge in [-0.15, -0.1) is 0 Å². The molecule has 0 saturated carbocycles. The lowest BCUT2D eigenvalue weighted by Gasteiger charge is -2.10. The maximum Gasteiger partial charge on any atom is 0.270 e. The van der Waals surface area contributed by atoms with Gasteiger partial charge in [0.1, 0.15) is 11.4 Å². The minimum absolute atomic E-state index is 0.288. The second kappa shape index (κ2) is 9.16. The van der Waals surface area contributed by atoms with E-state index in [-0.39, 0.29) is 17.5 Å². The number of nitrogens with one attached hydrogen (secondary N) is 3. The van der Waals surface area contributed by atoms with Crippen LogP contribution in [-0.2, 0) is 6.54 Å². The molecule has 0 radical (unpaired) electrons. The van der Waals surface area contributed by atoms with Crippen molar-refractivity contribution < 1.29 is 14.3 Å². The molecule has 3 aromatic carbocycles. The minimum atomic E-state index is -0.328. The van der Waals surface area contributed by atoms with E-state index >= 15 is 0 Å². The van der Waals surface area contributed by atoms with E-state index in [1.165, 1.54) is 0 Å². The van der Waals surface area contributed by atoms with Gasteiger partial charge in [0, 0.05) is 28.0 Å². The summed E-state index contributed by atoms with van der Waals surface area (Å²) < 4.78 is 5.24. The highest BCUT2D eigenvalue weighted by Gasteiger charge is 2.20. The van der Waals surface area contributed by atoms with E-state index in [1.807, 2.05) is 49.4 Å². The fraction of sp³-hybridized carbons (Fsp3) is 0.120. The number of amides is 2. The zero-order chi connectivity index (χ0) is 22.7. The van der Waals surface area contributed by atoms with Gasteiger partial charge in [-0.1, -0.05) is 35.4 Å².